The zero-order valence-electron chi connectivity index (χ0n) is 12.5. The van der Waals surface area contributed by atoms with Gasteiger partial charge in [0, 0.05) is 17.1 Å². The van der Waals surface area contributed by atoms with Gasteiger partial charge in [0.1, 0.15) is 0 Å². The lowest BCUT2D eigenvalue weighted by Crippen LogP contribution is -2.22. The quantitative estimate of drug-likeness (QED) is 0.862. The minimum absolute atomic E-state index is 0.138. The predicted octanol–water partition coefficient (Wildman–Crippen LogP) is 3.29. The molecular weight excluding hydrogens is 364 g/mol. The molecule has 0 aliphatic heterocycles. The molecular formula is C16H19BrN2O2S. The molecule has 6 heteroatoms. The highest BCUT2D eigenvalue weighted by atomic mass is 79.9. The van der Waals surface area contributed by atoms with E-state index in [4.69, 9.17) is 5.14 Å². The monoisotopic (exact) mass is 382 g/mol. The van der Waals surface area contributed by atoms with Crippen LogP contribution in [-0.4, -0.2) is 20.4 Å². The maximum Gasteiger partial charge on any atom is 0.238 e. The molecule has 118 valence electrons. The number of nitrogens with two attached hydrogens (primary N) is 1. The van der Waals surface area contributed by atoms with Crippen LogP contribution in [0.1, 0.15) is 24.1 Å². The molecule has 0 radical (unpaired) electrons. The Hall–Kier alpha value is -1.21. The fourth-order valence-corrected chi connectivity index (χ4v) is 2.99. The second-order valence-corrected chi connectivity index (χ2v) is 7.81. The zero-order chi connectivity index (χ0) is 16.3. The van der Waals surface area contributed by atoms with Crippen molar-refractivity contribution in [3.05, 3.63) is 64.1 Å². The summed E-state index contributed by atoms with van der Waals surface area (Å²) < 4.78 is 23.6. The predicted molar refractivity (Wildman–Crippen MR) is 91.8 cm³/mol. The van der Waals surface area contributed by atoms with Gasteiger partial charge in [-0.25, -0.2) is 13.6 Å². The van der Waals surface area contributed by atoms with Gasteiger partial charge in [-0.05, 0) is 49.4 Å². The summed E-state index contributed by atoms with van der Waals surface area (Å²) in [5, 5.41) is 5.12. The van der Waals surface area contributed by atoms with Crippen molar-refractivity contribution in [2.24, 2.45) is 5.14 Å². The molecule has 0 heterocycles. The van der Waals surface area contributed by atoms with Gasteiger partial charge < -0.3 is 0 Å². The second-order valence-electron chi connectivity index (χ2n) is 5.33. The summed E-state index contributed by atoms with van der Waals surface area (Å²) in [6.07, 6.45) is 0. The topological polar surface area (TPSA) is 63.4 Å². The lowest BCUT2D eigenvalue weighted by atomic mass is 10.1. The van der Waals surface area contributed by atoms with E-state index in [0.717, 1.165) is 16.6 Å². The van der Waals surface area contributed by atoms with Crippen molar-refractivity contribution in [1.82, 2.24) is 4.90 Å². The standard InChI is InChI=1S/C16H19BrN2O2S/c1-12(14-5-9-16(10-6-14)22(18,20)21)19(2)11-13-3-7-15(17)8-4-13/h3-10,12H,11H2,1-2H3,(H2,18,20,21). The van der Waals surface area contributed by atoms with Gasteiger partial charge in [-0.1, -0.05) is 40.2 Å². The number of rotatable bonds is 5. The summed E-state index contributed by atoms with van der Waals surface area (Å²) in [7, 11) is -1.59. The number of sulfonamides is 1. The normalized spacial score (nSPS) is 13.3. The van der Waals surface area contributed by atoms with Gasteiger partial charge in [-0.15, -0.1) is 0 Å². The SMILES string of the molecule is CC(c1ccc(S(N)(=O)=O)cc1)N(C)Cc1ccc(Br)cc1. The zero-order valence-corrected chi connectivity index (χ0v) is 14.9. The van der Waals surface area contributed by atoms with E-state index in [-0.39, 0.29) is 10.9 Å². The van der Waals surface area contributed by atoms with Crippen molar-refractivity contribution in [2.75, 3.05) is 7.05 Å². The van der Waals surface area contributed by atoms with Crippen LogP contribution in [0.4, 0.5) is 0 Å². The van der Waals surface area contributed by atoms with Gasteiger partial charge in [0.2, 0.25) is 10.0 Å². The van der Waals surface area contributed by atoms with Crippen molar-refractivity contribution in [2.45, 2.75) is 24.4 Å². The number of benzene rings is 2. The first-order valence-electron chi connectivity index (χ1n) is 6.85. The molecule has 2 rings (SSSR count). The van der Waals surface area contributed by atoms with Crippen molar-refractivity contribution in [3.8, 4) is 0 Å². The van der Waals surface area contributed by atoms with Crippen LogP contribution in [0.25, 0.3) is 0 Å². The fraction of sp³-hybridized carbons (Fsp3) is 0.250. The highest BCUT2D eigenvalue weighted by Crippen LogP contribution is 2.22. The average Bonchev–Trinajstić information content (AvgIpc) is 2.48. The molecule has 0 aromatic heterocycles. The number of nitrogens with zero attached hydrogens (tertiary/aromatic N) is 1. The highest BCUT2D eigenvalue weighted by Gasteiger charge is 2.14. The Kier molecular flexibility index (Phi) is 5.39. The molecule has 1 unspecified atom stereocenters. The van der Waals surface area contributed by atoms with Crippen LogP contribution in [0.5, 0.6) is 0 Å². The number of halogens is 1. The van der Waals surface area contributed by atoms with Gasteiger partial charge in [0.05, 0.1) is 4.90 Å². The minimum Gasteiger partial charge on any atom is -0.295 e. The molecule has 0 bridgehead atoms. The molecule has 0 saturated carbocycles. The average molecular weight is 383 g/mol. The summed E-state index contributed by atoms with van der Waals surface area (Å²) >= 11 is 3.43. The first kappa shape index (κ1) is 17.1. The Morgan fingerprint density at radius 3 is 2.14 bits per heavy atom. The van der Waals surface area contributed by atoms with Crippen LogP contribution < -0.4 is 5.14 Å². The van der Waals surface area contributed by atoms with Crippen LogP contribution in [0, 0.1) is 0 Å². The first-order chi connectivity index (χ1) is 10.3. The summed E-state index contributed by atoms with van der Waals surface area (Å²) in [6.45, 7) is 2.90. The van der Waals surface area contributed by atoms with Crippen molar-refractivity contribution >= 4 is 26.0 Å². The number of hydrogen-bond donors (Lipinski definition) is 1. The van der Waals surface area contributed by atoms with Gasteiger partial charge in [0.15, 0.2) is 0 Å². The van der Waals surface area contributed by atoms with Crippen LogP contribution in [0.2, 0.25) is 0 Å². The molecule has 4 nitrogen and oxygen atoms in total. The number of primary sulfonamides is 1. The van der Waals surface area contributed by atoms with Crippen molar-refractivity contribution in [1.29, 1.82) is 0 Å². The summed E-state index contributed by atoms with van der Waals surface area (Å²) in [5.74, 6) is 0. The van der Waals surface area contributed by atoms with Crippen LogP contribution in [-0.2, 0) is 16.6 Å². The van der Waals surface area contributed by atoms with E-state index < -0.39 is 10.0 Å². The Balaban J connectivity index is 2.10. The maximum atomic E-state index is 11.3. The molecule has 0 spiro atoms. The van der Waals surface area contributed by atoms with E-state index in [1.165, 1.54) is 5.56 Å². The van der Waals surface area contributed by atoms with Gasteiger partial charge in [-0.3, -0.25) is 4.90 Å². The Labute approximate surface area is 140 Å². The van der Waals surface area contributed by atoms with Crippen LogP contribution >= 0.6 is 15.9 Å². The second kappa shape index (κ2) is 6.91. The van der Waals surface area contributed by atoms with Crippen molar-refractivity contribution in [3.63, 3.8) is 0 Å². The van der Waals surface area contributed by atoms with E-state index in [9.17, 15) is 8.42 Å². The summed E-state index contributed by atoms with van der Waals surface area (Å²) in [4.78, 5) is 2.34. The molecule has 2 aromatic rings. The van der Waals surface area contributed by atoms with Gasteiger partial charge >= 0.3 is 0 Å². The first-order valence-corrected chi connectivity index (χ1v) is 9.19. The van der Waals surface area contributed by atoms with E-state index in [1.54, 1.807) is 12.1 Å². The third-order valence-corrected chi connectivity index (χ3v) is 5.16. The summed E-state index contributed by atoms with van der Waals surface area (Å²) in [6, 6.07) is 15.1. The Morgan fingerprint density at radius 1 is 1.09 bits per heavy atom. The number of hydrogen-bond acceptors (Lipinski definition) is 3. The third kappa shape index (κ3) is 4.39. The maximum absolute atomic E-state index is 11.3. The lowest BCUT2D eigenvalue weighted by Gasteiger charge is -2.25. The molecule has 22 heavy (non-hydrogen) atoms. The molecule has 1 atom stereocenters. The van der Waals surface area contributed by atoms with E-state index >= 15 is 0 Å². The molecule has 0 amide bonds. The van der Waals surface area contributed by atoms with Crippen LogP contribution in [0.15, 0.2) is 57.9 Å². The molecule has 0 aliphatic rings. The van der Waals surface area contributed by atoms with Crippen LogP contribution in [0.3, 0.4) is 0 Å². The van der Waals surface area contributed by atoms with Crippen molar-refractivity contribution < 1.29 is 8.42 Å². The summed E-state index contributed by atoms with van der Waals surface area (Å²) in [5.41, 5.74) is 2.27. The minimum atomic E-state index is -3.64. The Bertz CT molecular complexity index is 728. The Morgan fingerprint density at radius 2 is 1.64 bits per heavy atom. The lowest BCUT2D eigenvalue weighted by molar-refractivity contribution is 0.253. The smallest absolute Gasteiger partial charge is 0.238 e. The molecule has 0 saturated heterocycles. The van der Waals surface area contributed by atoms with Gasteiger partial charge in [-0.2, -0.15) is 0 Å². The molecule has 2 N–H and O–H groups in total. The molecule has 0 fully saturated rings. The van der Waals surface area contributed by atoms with Gasteiger partial charge in [0.25, 0.3) is 0 Å². The van der Waals surface area contributed by atoms with E-state index in [2.05, 4.69) is 39.9 Å². The van der Waals surface area contributed by atoms with E-state index in [1.807, 2.05) is 31.3 Å². The third-order valence-electron chi connectivity index (χ3n) is 3.70. The highest BCUT2D eigenvalue weighted by molar-refractivity contribution is 9.10. The molecule has 0 aliphatic carbocycles. The fourth-order valence-electron chi connectivity index (χ4n) is 2.21. The molecule has 2 aromatic carbocycles. The van der Waals surface area contributed by atoms with E-state index in [0.29, 0.717) is 0 Å². The largest absolute Gasteiger partial charge is 0.295 e.